The predicted octanol–water partition coefficient (Wildman–Crippen LogP) is 0.935. The lowest BCUT2D eigenvalue weighted by Gasteiger charge is -2.13. The van der Waals surface area contributed by atoms with Crippen LogP contribution in [-0.4, -0.2) is 32.1 Å². The number of carbonyl (C=O) groups is 1. The quantitative estimate of drug-likeness (QED) is 0.702. The molecule has 76 valence electrons. The van der Waals surface area contributed by atoms with E-state index < -0.39 is 0 Å². The molecule has 4 nitrogen and oxygen atoms in total. The van der Waals surface area contributed by atoms with Crippen LogP contribution in [-0.2, 0) is 0 Å². The monoisotopic (exact) mass is 193 g/mol. The minimum atomic E-state index is -0.111. The molecular formula is C10H15N3O. The lowest BCUT2D eigenvalue weighted by atomic mass is 10.1. The molecule has 14 heavy (non-hydrogen) atoms. The minimum absolute atomic E-state index is 0.111. The van der Waals surface area contributed by atoms with Crippen LogP contribution < -0.4 is 10.7 Å². The van der Waals surface area contributed by atoms with Crippen molar-refractivity contribution in [3.8, 4) is 0 Å². The van der Waals surface area contributed by atoms with Crippen molar-refractivity contribution >= 4 is 11.6 Å². The third-order valence-electron chi connectivity index (χ3n) is 1.77. The summed E-state index contributed by atoms with van der Waals surface area (Å²) >= 11 is 0. The summed E-state index contributed by atoms with van der Waals surface area (Å²) in [5.41, 5.74) is 4.16. The molecule has 4 heteroatoms. The van der Waals surface area contributed by atoms with Gasteiger partial charge in [0, 0.05) is 26.8 Å². The molecule has 0 bridgehead atoms. The van der Waals surface area contributed by atoms with Gasteiger partial charge in [0.05, 0.1) is 5.56 Å². The van der Waals surface area contributed by atoms with Gasteiger partial charge < -0.3 is 5.32 Å². The smallest absolute Gasteiger partial charge is 0.267 e. The van der Waals surface area contributed by atoms with Gasteiger partial charge in [-0.2, -0.15) is 0 Å². The summed E-state index contributed by atoms with van der Waals surface area (Å²) in [4.78, 5) is 11.6. The normalized spacial score (nSPS) is 10.0. The first-order chi connectivity index (χ1) is 6.65. The molecule has 1 aromatic carbocycles. The van der Waals surface area contributed by atoms with Crippen LogP contribution in [0.25, 0.3) is 0 Å². The van der Waals surface area contributed by atoms with Crippen molar-refractivity contribution in [2.45, 2.75) is 0 Å². The van der Waals surface area contributed by atoms with Crippen LogP contribution >= 0.6 is 0 Å². The highest BCUT2D eigenvalue weighted by molar-refractivity contribution is 5.99. The minimum Gasteiger partial charge on any atom is -0.387 e. The highest BCUT2D eigenvalue weighted by atomic mass is 16.2. The molecule has 0 radical (unpaired) electrons. The van der Waals surface area contributed by atoms with Gasteiger partial charge >= 0.3 is 0 Å². The van der Waals surface area contributed by atoms with E-state index in [1.54, 1.807) is 32.2 Å². The molecule has 0 saturated heterocycles. The van der Waals surface area contributed by atoms with Crippen molar-refractivity contribution in [2.24, 2.45) is 0 Å². The SMILES string of the molecule is CNc1ccccc1C(=O)NN(C)C. The van der Waals surface area contributed by atoms with Crippen molar-refractivity contribution in [3.63, 3.8) is 0 Å². The molecule has 1 aromatic rings. The van der Waals surface area contributed by atoms with Crippen molar-refractivity contribution in [2.75, 3.05) is 26.5 Å². The van der Waals surface area contributed by atoms with Crippen molar-refractivity contribution < 1.29 is 4.79 Å². The lowest BCUT2D eigenvalue weighted by molar-refractivity contribution is 0.0858. The van der Waals surface area contributed by atoms with E-state index in [0.717, 1.165) is 5.69 Å². The maximum absolute atomic E-state index is 11.6. The fourth-order valence-corrected chi connectivity index (χ4v) is 1.16. The van der Waals surface area contributed by atoms with E-state index in [0.29, 0.717) is 5.56 Å². The number of hydrazine groups is 1. The number of carbonyl (C=O) groups excluding carboxylic acids is 1. The van der Waals surface area contributed by atoms with Gasteiger partial charge in [-0.15, -0.1) is 0 Å². The molecule has 1 rings (SSSR count). The number of anilines is 1. The highest BCUT2D eigenvalue weighted by Gasteiger charge is 2.09. The van der Waals surface area contributed by atoms with Crippen LogP contribution in [0.5, 0.6) is 0 Å². The van der Waals surface area contributed by atoms with Crippen LogP contribution in [0.3, 0.4) is 0 Å². The van der Waals surface area contributed by atoms with Gasteiger partial charge in [0.15, 0.2) is 0 Å². The zero-order valence-electron chi connectivity index (χ0n) is 8.66. The van der Waals surface area contributed by atoms with Gasteiger partial charge in [-0.1, -0.05) is 12.1 Å². The molecule has 0 fully saturated rings. The maximum atomic E-state index is 11.6. The first kappa shape index (κ1) is 10.5. The Morgan fingerprint density at radius 3 is 2.50 bits per heavy atom. The second kappa shape index (κ2) is 4.62. The van der Waals surface area contributed by atoms with Crippen molar-refractivity contribution in [1.29, 1.82) is 0 Å². The first-order valence-electron chi connectivity index (χ1n) is 4.40. The average Bonchev–Trinajstić information content (AvgIpc) is 2.16. The molecule has 2 N–H and O–H groups in total. The second-order valence-corrected chi connectivity index (χ2v) is 3.13. The van der Waals surface area contributed by atoms with Gasteiger partial charge in [-0.05, 0) is 12.1 Å². The molecule has 0 saturated carbocycles. The Morgan fingerprint density at radius 2 is 1.93 bits per heavy atom. The molecule has 0 unspecified atom stereocenters. The maximum Gasteiger partial charge on any atom is 0.267 e. The molecule has 0 aliphatic rings. The second-order valence-electron chi connectivity index (χ2n) is 3.13. The highest BCUT2D eigenvalue weighted by Crippen LogP contribution is 2.13. The van der Waals surface area contributed by atoms with E-state index in [9.17, 15) is 4.79 Å². The van der Waals surface area contributed by atoms with Gasteiger partial charge in [0.25, 0.3) is 5.91 Å². The predicted molar refractivity (Wildman–Crippen MR) is 57.1 cm³/mol. The van der Waals surface area contributed by atoms with Gasteiger partial charge in [-0.25, -0.2) is 5.01 Å². The van der Waals surface area contributed by atoms with Gasteiger partial charge in [0.2, 0.25) is 0 Å². The van der Waals surface area contributed by atoms with E-state index in [1.165, 1.54) is 0 Å². The number of amides is 1. The molecule has 0 spiro atoms. The molecule has 0 aliphatic carbocycles. The van der Waals surface area contributed by atoms with Crippen LogP contribution in [0.1, 0.15) is 10.4 Å². The third kappa shape index (κ3) is 2.47. The average molecular weight is 193 g/mol. The summed E-state index contributed by atoms with van der Waals surface area (Å²) < 4.78 is 0. The van der Waals surface area contributed by atoms with Crippen molar-refractivity contribution in [3.05, 3.63) is 29.8 Å². The zero-order valence-corrected chi connectivity index (χ0v) is 8.66. The first-order valence-corrected chi connectivity index (χ1v) is 4.40. The van der Waals surface area contributed by atoms with Crippen molar-refractivity contribution in [1.82, 2.24) is 10.4 Å². The molecular weight excluding hydrogens is 178 g/mol. The Labute approximate surface area is 83.9 Å². The largest absolute Gasteiger partial charge is 0.387 e. The number of hydrogen-bond donors (Lipinski definition) is 2. The van der Waals surface area contributed by atoms with Crippen LogP contribution in [0.15, 0.2) is 24.3 Å². The number of benzene rings is 1. The Hall–Kier alpha value is -1.55. The van der Waals surface area contributed by atoms with Crippen LogP contribution in [0.2, 0.25) is 0 Å². The molecule has 1 amide bonds. The fourth-order valence-electron chi connectivity index (χ4n) is 1.16. The Balaban J connectivity index is 2.88. The standard InChI is InChI=1S/C10H15N3O/c1-11-9-7-5-4-6-8(9)10(14)12-13(2)3/h4-7,11H,1-3H3,(H,12,14). The number of nitrogens with one attached hydrogen (secondary N) is 2. The summed E-state index contributed by atoms with van der Waals surface area (Å²) in [7, 11) is 5.35. The number of hydrogen-bond acceptors (Lipinski definition) is 3. The Bertz CT molecular complexity index is 323. The Morgan fingerprint density at radius 1 is 1.29 bits per heavy atom. The number of rotatable bonds is 3. The van der Waals surface area contributed by atoms with E-state index in [-0.39, 0.29) is 5.91 Å². The summed E-state index contributed by atoms with van der Waals surface area (Å²) in [6.07, 6.45) is 0. The van der Waals surface area contributed by atoms with E-state index in [4.69, 9.17) is 0 Å². The topological polar surface area (TPSA) is 44.4 Å². The van der Waals surface area contributed by atoms with Crippen LogP contribution in [0, 0.1) is 0 Å². The number of para-hydroxylation sites is 1. The van der Waals surface area contributed by atoms with E-state index >= 15 is 0 Å². The molecule has 0 aliphatic heterocycles. The van der Waals surface area contributed by atoms with E-state index in [2.05, 4.69) is 10.7 Å². The molecule has 0 atom stereocenters. The third-order valence-corrected chi connectivity index (χ3v) is 1.77. The Kier molecular flexibility index (Phi) is 3.48. The molecule has 0 heterocycles. The number of nitrogens with zero attached hydrogens (tertiary/aromatic N) is 1. The van der Waals surface area contributed by atoms with Gasteiger partial charge in [-0.3, -0.25) is 10.2 Å². The summed E-state index contributed by atoms with van der Waals surface area (Å²) in [5.74, 6) is -0.111. The summed E-state index contributed by atoms with van der Waals surface area (Å²) in [6.45, 7) is 0. The summed E-state index contributed by atoms with van der Waals surface area (Å²) in [5, 5.41) is 4.59. The van der Waals surface area contributed by atoms with E-state index in [1.807, 2.05) is 18.2 Å². The summed E-state index contributed by atoms with van der Waals surface area (Å²) in [6, 6.07) is 7.37. The lowest BCUT2D eigenvalue weighted by Crippen LogP contribution is -2.36. The fraction of sp³-hybridized carbons (Fsp3) is 0.300. The van der Waals surface area contributed by atoms with Crippen LogP contribution in [0.4, 0.5) is 5.69 Å². The molecule has 0 aromatic heterocycles. The zero-order chi connectivity index (χ0) is 10.6. The van der Waals surface area contributed by atoms with Gasteiger partial charge in [0.1, 0.15) is 0 Å².